The first-order valence-corrected chi connectivity index (χ1v) is 7.23. The predicted octanol–water partition coefficient (Wildman–Crippen LogP) is 2.74. The van der Waals surface area contributed by atoms with E-state index >= 15 is 0 Å². The lowest BCUT2D eigenvalue weighted by atomic mass is 10.0. The number of amides is 1. The molecule has 1 amide bonds. The SMILES string of the molecule is Cc1ccccc1C(C)NC(=O)[C@H](N)Cc1ccccc1. The summed E-state index contributed by atoms with van der Waals surface area (Å²) < 4.78 is 0. The van der Waals surface area contributed by atoms with Crippen LogP contribution in [-0.4, -0.2) is 11.9 Å². The first-order chi connectivity index (χ1) is 10.1. The van der Waals surface area contributed by atoms with Crippen LogP contribution in [-0.2, 0) is 11.2 Å². The van der Waals surface area contributed by atoms with Gasteiger partial charge in [-0.05, 0) is 37.0 Å². The zero-order valence-corrected chi connectivity index (χ0v) is 12.5. The van der Waals surface area contributed by atoms with Crippen molar-refractivity contribution < 1.29 is 4.79 Å². The fourth-order valence-corrected chi connectivity index (χ4v) is 2.43. The molecule has 3 nitrogen and oxygen atoms in total. The van der Waals surface area contributed by atoms with E-state index in [9.17, 15) is 4.79 Å². The van der Waals surface area contributed by atoms with E-state index in [2.05, 4.69) is 5.32 Å². The van der Waals surface area contributed by atoms with Crippen molar-refractivity contribution in [1.82, 2.24) is 5.32 Å². The summed E-state index contributed by atoms with van der Waals surface area (Å²) in [6.07, 6.45) is 0.549. The largest absolute Gasteiger partial charge is 0.348 e. The van der Waals surface area contributed by atoms with Gasteiger partial charge in [-0.1, -0.05) is 54.6 Å². The summed E-state index contributed by atoms with van der Waals surface area (Å²) in [6, 6.07) is 17.3. The number of carbonyl (C=O) groups is 1. The Kier molecular flexibility index (Phi) is 5.12. The summed E-state index contributed by atoms with van der Waals surface area (Å²) in [7, 11) is 0. The molecule has 0 bridgehead atoms. The molecule has 0 saturated carbocycles. The highest BCUT2D eigenvalue weighted by Crippen LogP contribution is 2.16. The van der Waals surface area contributed by atoms with Gasteiger partial charge in [0.1, 0.15) is 0 Å². The number of nitrogens with two attached hydrogens (primary N) is 1. The van der Waals surface area contributed by atoms with Gasteiger partial charge in [0, 0.05) is 0 Å². The molecule has 3 N–H and O–H groups in total. The highest BCUT2D eigenvalue weighted by atomic mass is 16.2. The highest BCUT2D eigenvalue weighted by molar-refractivity contribution is 5.82. The van der Waals surface area contributed by atoms with Crippen LogP contribution in [0.5, 0.6) is 0 Å². The fraction of sp³-hybridized carbons (Fsp3) is 0.278. The molecular formula is C18H22N2O. The van der Waals surface area contributed by atoms with Crippen LogP contribution in [0, 0.1) is 6.92 Å². The highest BCUT2D eigenvalue weighted by Gasteiger charge is 2.17. The first-order valence-electron chi connectivity index (χ1n) is 7.23. The van der Waals surface area contributed by atoms with E-state index in [0.717, 1.165) is 11.1 Å². The van der Waals surface area contributed by atoms with E-state index < -0.39 is 6.04 Å². The van der Waals surface area contributed by atoms with Crippen LogP contribution < -0.4 is 11.1 Å². The molecule has 2 aromatic rings. The molecule has 3 heteroatoms. The van der Waals surface area contributed by atoms with E-state index in [1.807, 2.05) is 68.4 Å². The van der Waals surface area contributed by atoms with Crippen molar-refractivity contribution in [2.24, 2.45) is 5.73 Å². The Morgan fingerprint density at radius 1 is 1.10 bits per heavy atom. The van der Waals surface area contributed by atoms with Gasteiger partial charge < -0.3 is 11.1 Å². The van der Waals surface area contributed by atoms with Gasteiger partial charge in [0.25, 0.3) is 0 Å². The van der Waals surface area contributed by atoms with Crippen molar-refractivity contribution in [3.63, 3.8) is 0 Å². The van der Waals surface area contributed by atoms with E-state index in [-0.39, 0.29) is 11.9 Å². The summed E-state index contributed by atoms with van der Waals surface area (Å²) in [5.41, 5.74) is 9.37. The zero-order chi connectivity index (χ0) is 15.2. The Balaban J connectivity index is 1.96. The van der Waals surface area contributed by atoms with Gasteiger partial charge >= 0.3 is 0 Å². The van der Waals surface area contributed by atoms with Crippen molar-refractivity contribution in [2.45, 2.75) is 32.4 Å². The summed E-state index contributed by atoms with van der Waals surface area (Å²) >= 11 is 0. The minimum Gasteiger partial charge on any atom is -0.348 e. The molecule has 2 atom stereocenters. The van der Waals surface area contributed by atoms with Crippen LogP contribution in [0.25, 0.3) is 0 Å². The molecule has 0 aliphatic carbocycles. The van der Waals surface area contributed by atoms with Crippen molar-refractivity contribution in [2.75, 3.05) is 0 Å². The molecular weight excluding hydrogens is 260 g/mol. The molecule has 2 aromatic carbocycles. The maximum absolute atomic E-state index is 12.2. The quantitative estimate of drug-likeness (QED) is 0.886. The number of hydrogen-bond acceptors (Lipinski definition) is 2. The van der Waals surface area contributed by atoms with Crippen LogP contribution in [0.15, 0.2) is 54.6 Å². The fourth-order valence-electron chi connectivity index (χ4n) is 2.43. The van der Waals surface area contributed by atoms with Gasteiger partial charge in [-0.3, -0.25) is 4.79 Å². The molecule has 21 heavy (non-hydrogen) atoms. The van der Waals surface area contributed by atoms with Crippen LogP contribution in [0.3, 0.4) is 0 Å². The van der Waals surface area contributed by atoms with E-state index in [1.54, 1.807) is 0 Å². The molecule has 2 rings (SSSR count). The molecule has 0 fully saturated rings. The Labute approximate surface area is 126 Å². The lowest BCUT2D eigenvalue weighted by molar-refractivity contribution is -0.123. The van der Waals surface area contributed by atoms with E-state index in [4.69, 9.17) is 5.73 Å². The van der Waals surface area contributed by atoms with Crippen LogP contribution in [0.1, 0.15) is 29.7 Å². The van der Waals surface area contributed by atoms with Gasteiger partial charge in [-0.15, -0.1) is 0 Å². The minimum atomic E-state index is -0.529. The second kappa shape index (κ2) is 7.04. The van der Waals surface area contributed by atoms with Gasteiger partial charge in [-0.2, -0.15) is 0 Å². The summed E-state index contributed by atoms with van der Waals surface area (Å²) in [4.78, 5) is 12.2. The lowest BCUT2D eigenvalue weighted by Gasteiger charge is -2.19. The average Bonchev–Trinajstić information content (AvgIpc) is 2.48. The third kappa shape index (κ3) is 4.17. The van der Waals surface area contributed by atoms with E-state index in [0.29, 0.717) is 6.42 Å². The molecule has 0 radical (unpaired) electrons. The van der Waals surface area contributed by atoms with Gasteiger partial charge in [-0.25, -0.2) is 0 Å². The molecule has 0 aliphatic rings. The van der Waals surface area contributed by atoms with Crippen molar-refractivity contribution in [3.8, 4) is 0 Å². The van der Waals surface area contributed by atoms with Crippen molar-refractivity contribution >= 4 is 5.91 Å². The number of nitrogens with one attached hydrogen (secondary N) is 1. The number of carbonyl (C=O) groups excluding carboxylic acids is 1. The molecule has 0 aromatic heterocycles. The Morgan fingerprint density at radius 2 is 1.71 bits per heavy atom. The maximum Gasteiger partial charge on any atom is 0.237 e. The third-order valence-corrected chi connectivity index (χ3v) is 3.65. The standard InChI is InChI=1S/C18H22N2O/c1-13-8-6-7-11-16(13)14(2)20-18(21)17(19)12-15-9-4-3-5-10-15/h3-11,14,17H,12,19H2,1-2H3,(H,20,21)/t14?,17-/m1/s1. The summed E-state index contributed by atoms with van der Waals surface area (Å²) in [6.45, 7) is 4.03. The van der Waals surface area contributed by atoms with Crippen LogP contribution in [0.2, 0.25) is 0 Å². The normalized spacial score (nSPS) is 13.5. The Hall–Kier alpha value is -2.13. The number of benzene rings is 2. The number of rotatable bonds is 5. The zero-order valence-electron chi connectivity index (χ0n) is 12.5. The number of hydrogen-bond donors (Lipinski definition) is 2. The topological polar surface area (TPSA) is 55.1 Å². The average molecular weight is 282 g/mol. The predicted molar refractivity (Wildman–Crippen MR) is 85.9 cm³/mol. The first kappa shape index (κ1) is 15.3. The second-order valence-corrected chi connectivity index (χ2v) is 5.38. The maximum atomic E-state index is 12.2. The number of aryl methyl sites for hydroxylation is 1. The Morgan fingerprint density at radius 3 is 2.38 bits per heavy atom. The van der Waals surface area contributed by atoms with Crippen LogP contribution >= 0.6 is 0 Å². The van der Waals surface area contributed by atoms with Crippen LogP contribution in [0.4, 0.5) is 0 Å². The molecule has 0 heterocycles. The lowest BCUT2D eigenvalue weighted by Crippen LogP contribution is -2.43. The molecule has 0 spiro atoms. The smallest absolute Gasteiger partial charge is 0.237 e. The minimum absolute atomic E-state index is 0.0412. The van der Waals surface area contributed by atoms with Crippen molar-refractivity contribution in [1.29, 1.82) is 0 Å². The van der Waals surface area contributed by atoms with Gasteiger partial charge in [0.15, 0.2) is 0 Å². The van der Waals surface area contributed by atoms with E-state index in [1.165, 1.54) is 5.56 Å². The molecule has 0 aliphatic heterocycles. The molecule has 0 saturated heterocycles. The summed E-state index contributed by atoms with van der Waals surface area (Å²) in [5, 5.41) is 2.99. The molecule has 1 unspecified atom stereocenters. The summed E-state index contributed by atoms with van der Waals surface area (Å²) in [5.74, 6) is -0.116. The molecule has 110 valence electrons. The monoisotopic (exact) mass is 282 g/mol. The van der Waals surface area contributed by atoms with Gasteiger partial charge in [0.05, 0.1) is 12.1 Å². The van der Waals surface area contributed by atoms with Crippen molar-refractivity contribution in [3.05, 3.63) is 71.3 Å². The second-order valence-electron chi connectivity index (χ2n) is 5.38. The Bertz CT molecular complexity index is 595. The third-order valence-electron chi connectivity index (χ3n) is 3.65. The van der Waals surface area contributed by atoms with Gasteiger partial charge in [0.2, 0.25) is 5.91 Å².